The molecule has 2 rings (SSSR count). The first-order chi connectivity index (χ1) is 7.70. The van der Waals surface area contributed by atoms with E-state index < -0.39 is 11.6 Å². The maximum absolute atomic E-state index is 11.8. The zero-order valence-electron chi connectivity index (χ0n) is 9.28. The smallest absolute Gasteiger partial charge is 0.234 e. The van der Waals surface area contributed by atoms with Crippen LogP contribution in [0.5, 0.6) is 0 Å². The third-order valence-electron chi connectivity index (χ3n) is 2.78. The fraction of sp³-hybridized carbons (Fsp3) is 0.143. The van der Waals surface area contributed by atoms with Crippen molar-refractivity contribution in [2.45, 2.75) is 13.8 Å². The van der Waals surface area contributed by atoms with E-state index in [1.54, 1.807) is 25.1 Å². The minimum Gasteiger partial charge on any atom is -0.285 e. The predicted molar refractivity (Wildman–Crippen MR) is 63.2 cm³/mol. The van der Waals surface area contributed by atoms with Crippen LogP contribution in [0.25, 0.3) is 5.57 Å². The molecule has 0 saturated carbocycles. The molecule has 2 heteroatoms. The lowest BCUT2D eigenvalue weighted by Crippen LogP contribution is -2.24. The minimum atomic E-state index is -0.408. The molecular weight excluding hydrogens is 200 g/mol. The van der Waals surface area contributed by atoms with Crippen molar-refractivity contribution in [3.8, 4) is 0 Å². The Hall–Kier alpha value is -1.96. The average molecular weight is 212 g/mol. The Balaban J connectivity index is 2.78. The van der Waals surface area contributed by atoms with Crippen LogP contribution in [-0.4, -0.2) is 11.6 Å². The number of allylic oxidation sites excluding steroid dienone is 4. The van der Waals surface area contributed by atoms with Crippen molar-refractivity contribution in [2.24, 2.45) is 0 Å². The van der Waals surface area contributed by atoms with Crippen LogP contribution in [-0.2, 0) is 4.79 Å². The van der Waals surface area contributed by atoms with Gasteiger partial charge < -0.3 is 0 Å². The van der Waals surface area contributed by atoms with Gasteiger partial charge in [-0.1, -0.05) is 36.4 Å². The summed E-state index contributed by atoms with van der Waals surface area (Å²) in [5.74, 6) is -0.816. The van der Waals surface area contributed by atoms with E-state index in [0.29, 0.717) is 11.1 Å². The molecule has 16 heavy (non-hydrogen) atoms. The molecule has 0 N–H and O–H groups in total. The second kappa shape index (κ2) is 3.89. The first kappa shape index (κ1) is 10.6. The molecule has 0 radical (unpaired) electrons. The standard InChI is InChI=1S/C14H12O2/c1-3-9-10(4-2)13(15)14(16)12-8-6-5-7-11(9)12/h3-8H,1-2H3/b9-3?,10-4+. The van der Waals surface area contributed by atoms with Gasteiger partial charge in [0.2, 0.25) is 11.6 Å². The van der Waals surface area contributed by atoms with E-state index in [1.807, 2.05) is 25.1 Å². The lowest BCUT2D eigenvalue weighted by molar-refractivity contribution is -0.111. The molecule has 0 spiro atoms. The van der Waals surface area contributed by atoms with Gasteiger partial charge in [-0.15, -0.1) is 0 Å². The van der Waals surface area contributed by atoms with Gasteiger partial charge in [0, 0.05) is 11.1 Å². The Morgan fingerprint density at radius 3 is 1.94 bits per heavy atom. The van der Waals surface area contributed by atoms with Gasteiger partial charge in [0.05, 0.1) is 0 Å². The highest BCUT2D eigenvalue weighted by Crippen LogP contribution is 2.32. The van der Waals surface area contributed by atoms with Crippen LogP contribution in [0.3, 0.4) is 0 Å². The normalized spacial score (nSPS) is 20.4. The van der Waals surface area contributed by atoms with Crippen molar-refractivity contribution < 1.29 is 9.59 Å². The van der Waals surface area contributed by atoms with E-state index in [4.69, 9.17) is 0 Å². The number of Topliss-reactive ketones (excluding diaryl/α,β-unsaturated/α-hetero) is 2. The maximum atomic E-state index is 11.8. The van der Waals surface area contributed by atoms with E-state index in [-0.39, 0.29) is 0 Å². The Kier molecular flexibility index (Phi) is 2.57. The van der Waals surface area contributed by atoms with Crippen molar-refractivity contribution in [1.82, 2.24) is 0 Å². The lowest BCUT2D eigenvalue weighted by atomic mass is 9.82. The zero-order chi connectivity index (χ0) is 11.7. The van der Waals surface area contributed by atoms with Crippen LogP contribution in [0.4, 0.5) is 0 Å². The molecule has 1 aliphatic rings. The van der Waals surface area contributed by atoms with Crippen LogP contribution < -0.4 is 0 Å². The molecule has 0 atom stereocenters. The van der Waals surface area contributed by atoms with Gasteiger partial charge in [0.15, 0.2) is 0 Å². The lowest BCUT2D eigenvalue weighted by Gasteiger charge is -2.19. The summed E-state index contributed by atoms with van der Waals surface area (Å²) in [5.41, 5.74) is 2.71. The molecule has 0 heterocycles. The Labute approximate surface area is 94.3 Å². The fourth-order valence-corrected chi connectivity index (χ4v) is 2.03. The number of ketones is 2. The van der Waals surface area contributed by atoms with Crippen molar-refractivity contribution in [3.05, 3.63) is 53.1 Å². The number of hydrogen-bond donors (Lipinski definition) is 0. The van der Waals surface area contributed by atoms with Gasteiger partial charge in [0.1, 0.15) is 0 Å². The quantitative estimate of drug-likeness (QED) is 0.489. The highest BCUT2D eigenvalue weighted by atomic mass is 16.2. The van der Waals surface area contributed by atoms with E-state index >= 15 is 0 Å². The molecule has 0 unspecified atom stereocenters. The van der Waals surface area contributed by atoms with E-state index in [1.165, 1.54) is 0 Å². The van der Waals surface area contributed by atoms with Gasteiger partial charge in [-0.3, -0.25) is 9.59 Å². The molecule has 2 nitrogen and oxygen atoms in total. The van der Waals surface area contributed by atoms with E-state index in [0.717, 1.165) is 11.1 Å². The maximum Gasteiger partial charge on any atom is 0.234 e. The predicted octanol–water partition coefficient (Wildman–Crippen LogP) is 2.80. The summed E-state index contributed by atoms with van der Waals surface area (Å²) >= 11 is 0. The topological polar surface area (TPSA) is 34.1 Å². The van der Waals surface area contributed by atoms with Gasteiger partial charge in [-0.25, -0.2) is 0 Å². The molecule has 0 amide bonds. The van der Waals surface area contributed by atoms with Crippen molar-refractivity contribution in [2.75, 3.05) is 0 Å². The molecule has 0 saturated heterocycles. The van der Waals surface area contributed by atoms with E-state index in [2.05, 4.69) is 0 Å². The number of fused-ring (bicyclic) bond motifs is 1. The molecule has 0 aromatic heterocycles. The highest BCUT2D eigenvalue weighted by Gasteiger charge is 2.31. The summed E-state index contributed by atoms with van der Waals surface area (Å²) in [6.45, 7) is 3.65. The third kappa shape index (κ3) is 1.34. The van der Waals surface area contributed by atoms with Crippen LogP contribution in [0.2, 0.25) is 0 Å². The summed E-state index contributed by atoms with van der Waals surface area (Å²) in [4.78, 5) is 23.7. The zero-order valence-corrected chi connectivity index (χ0v) is 9.28. The molecule has 0 bridgehead atoms. The fourth-order valence-electron chi connectivity index (χ4n) is 2.03. The van der Waals surface area contributed by atoms with E-state index in [9.17, 15) is 9.59 Å². The molecule has 1 aliphatic carbocycles. The summed E-state index contributed by atoms with van der Waals surface area (Å²) in [7, 11) is 0. The van der Waals surface area contributed by atoms with Crippen molar-refractivity contribution in [1.29, 1.82) is 0 Å². The first-order valence-electron chi connectivity index (χ1n) is 5.22. The van der Waals surface area contributed by atoms with Gasteiger partial charge >= 0.3 is 0 Å². The second-order valence-electron chi connectivity index (χ2n) is 3.61. The SMILES string of the molecule is CC=C1/C(=C\C)C(=O)C(=O)c2ccccc21. The second-order valence-corrected chi connectivity index (χ2v) is 3.61. The van der Waals surface area contributed by atoms with Gasteiger partial charge in [-0.2, -0.15) is 0 Å². The number of carbonyl (C=O) groups excluding carboxylic acids is 2. The number of benzene rings is 1. The molecule has 0 fully saturated rings. The summed E-state index contributed by atoms with van der Waals surface area (Å²) in [6, 6.07) is 7.22. The summed E-state index contributed by atoms with van der Waals surface area (Å²) in [5, 5.41) is 0. The Morgan fingerprint density at radius 2 is 1.38 bits per heavy atom. The minimum absolute atomic E-state index is 0.408. The van der Waals surface area contributed by atoms with Crippen molar-refractivity contribution >= 4 is 17.1 Å². The summed E-state index contributed by atoms with van der Waals surface area (Å²) < 4.78 is 0. The van der Waals surface area contributed by atoms with Crippen LogP contribution in [0, 0.1) is 0 Å². The number of carbonyl (C=O) groups is 2. The monoisotopic (exact) mass is 212 g/mol. The average Bonchev–Trinajstić information content (AvgIpc) is 2.33. The Morgan fingerprint density at radius 1 is 0.812 bits per heavy atom. The summed E-state index contributed by atoms with van der Waals surface area (Å²) in [6.07, 6.45) is 3.57. The highest BCUT2D eigenvalue weighted by molar-refractivity contribution is 6.54. The van der Waals surface area contributed by atoms with Crippen molar-refractivity contribution in [3.63, 3.8) is 0 Å². The molecule has 1 aromatic carbocycles. The van der Waals surface area contributed by atoms with Crippen LogP contribution >= 0.6 is 0 Å². The van der Waals surface area contributed by atoms with Gasteiger partial charge in [-0.05, 0) is 25.0 Å². The first-order valence-corrected chi connectivity index (χ1v) is 5.22. The molecule has 0 aliphatic heterocycles. The largest absolute Gasteiger partial charge is 0.285 e. The van der Waals surface area contributed by atoms with Gasteiger partial charge in [0.25, 0.3) is 0 Å². The molecule has 1 aromatic rings. The third-order valence-corrected chi connectivity index (χ3v) is 2.78. The Bertz CT molecular complexity index is 533. The molecule has 80 valence electrons. The van der Waals surface area contributed by atoms with Crippen LogP contribution in [0.15, 0.2) is 42.0 Å². The number of hydrogen-bond acceptors (Lipinski definition) is 2. The molecular formula is C14H12O2. The van der Waals surface area contributed by atoms with Crippen LogP contribution in [0.1, 0.15) is 29.8 Å². The number of rotatable bonds is 0.